The molecule has 0 atom stereocenters. The van der Waals surface area contributed by atoms with Crippen molar-refractivity contribution in [3.05, 3.63) is 0 Å². The van der Waals surface area contributed by atoms with Gasteiger partial charge in [-0.3, -0.25) is 0 Å². The summed E-state index contributed by atoms with van der Waals surface area (Å²) in [5, 5.41) is 0. The molecule has 0 bridgehead atoms. The monoisotopic (exact) mass is 242 g/mol. The van der Waals surface area contributed by atoms with Crippen molar-refractivity contribution in [2.45, 2.75) is 0 Å². The molecule has 0 N–H and O–H groups in total. The van der Waals surface area contributed by atoms with Crippen LogP contribution in [0.15, 0.2) is 0 Å². The molecular formula is CrNdO3. The third kappa shape index (κ3) is 26.3. The fourth-order valence-corrected chi connectivity index (χ4v) is 0. The van der Waals surface area contributed by atoms with Gasteiger partial charge >= 0.3 is 58.2 Å². The van der Waals surface area contributed by atoms with Crippen molar-refractivity contribution in [3.8, 4) is 0 Å². The Kier molecular flexibility index (Phi) is 608. The first-order valence-electron chi connectivity index (χ1n) is 0. The van der Waals surface area contributed by atoms with Crippen LogP contribution in [0.3, 0.4) is 0 Å². The minimum absolute atomic E-state index is 0. The van der Waals surface area contributed by atoms with Crippen LogP contribution >= 0.6 is 0 Å². The Labute approximate surface area is 73.7 Å². The Morgan fingerprint density at radius 1 is 0.600 bits per heavy atom. The molecule has 0 fully saturated rings. The van der Waals surface area contributed by atoms with Crippen molar-refractivity contribution >= 4 is 0 Å². The summed E-state index contributed by atoms with van der Waals surface area (Å²) in [6, 6.07) is 0. The van der Waals surface area contributed by atoms with E-state index in [4.69, 9.17) is 0 Å². The molecule has 0 aliphatic carbocycles. The molecule has 0 heterocycles. The number of rotatable bonds is 0. The summed E-state index contributed by atoms with van der Waals surface area (Å²) in [7, 11) is 0. The molecule has 0 aliphatic heterocycles. The first kappa shape index (κ1) is 72.3. The van der Waals surface area contributed by atoms with E-state index >= 15 is 0 Å². The van der Waals surface area contributed by atoms with Crippen molar-refractivity contribution in [2.24, 2.45) is 0 Å². The summed E-state index contributed by atoms with van der Waals surface area (Å²) in [6.07, 6.45) is 0. The van der Waals surface area contributed by atoms with Gasteiger partial charge in [0.25, 0.3) is 0 Å². The SMILES string of the molecule is [Cr+3].[Nd+3].[O-2].[O-2].[O-2]. The first-order valence-corrected chi connectivity index (χ1v) is 0. The van der Waals surface area contributed by atoms with Crippen LogP contribution in [0.1, 0.15) is 0 Å². The molecule has 0 spiro atoms. The molecule has 0 rings (SSSR count). The number of hydrogen-bond acceptors (Lipinski definition) is 0. The summed E-state index contributed by atoms with van der Waals surface area (Å²) in [5.74, 6) is 0. The van der Waals surface area contributed by atoms with Gasteiger partial charge in [0.15, 0.2) is 0 Å². The molecule has 0 amide bonds. The minimum Gasteiger partial charge on any atom is -2.00 e. The smallest absolute Gasteiger partial charge is 2.00 e. The Morgan fingerprint density at radius 3 is 0.600 bits per heavy atom. The van der Waals surface area contributed by atoms with E-state index in [0.717, 1.165) is 0 Å². The average Bonchev–Trinajstić information content (AvgIpc) is 0. The van der Waals surface area contributed by atoms with Crippen molar-refractivity contribution in [3.63, 3.8) is 0 Å². The van der Waals surface area contributed by atoms with Gasteiger partial charge in [0.2, 0.25) is 0 Å². The molecule has 5 heteroatoms. The molecule has 28 valence electrons. The zero-order chi connectivity index (χ0) is 0. The topological polar surface area (TPSA) is 85.5 Å². The molecule has 2 radical (unpaired) electrons. The van der Waals surface area contributed by atoms with Crippen LogP contribution in [0.2, 0.25) is 0 Å². The maximum Gasteiger partial charge on any atom is 3.00 e. The maximum absolute atomic E-state index is 0. The van der Waals surface area contributed by atoms with Crippen LogP contribution in [0.5, 0.6) is 0 Å². The van der Waals surface area contributed by atoms with E-state index in [1.54, 1.807) is 0 Å². The summed E-state index contributed by atoms with van der Waals surface area (Å²) in [6.45, 7) is 0. The molecule has 0 aromatic carbocycles. The quantitative estimate of drug-likeness (QED) is 0.557. The molecule has 0 aromatic rings. The standard InChI is InChI=1S/Cr.Nd.3O/q2*+3;3*-2. The van der Waals surface area contributed by atoms with Gasteiger partial charge in [0.05, 0.1) is 0 Å². The summed E-state index contributed by atoms with van der Waals surface area (Å²) >= 11 is 0. The largest absolute Gasteiger partial charge is 3.00 e. The maximum atomic E-state index is 0. The van der Waals surface area contributed by atoms with Crippen LogP contribution in [0.4, 0.5) is 0 Å². The van der Waals surface area contributed by atoms with Gasteiger partial charge in [-0.2, -0.15) is 0 Å². The second-order valence-corrected chi connectivity index (χ2v) is 0. The van der Waals surface area contributed by atoms with Crippen LogP contribution in [0.25, 0.3) is 0 Å². The van der Waals surface area contributed by atoms with Crippen molar-refractivity contribution in [1.82, 2.24) is 0 Å². The fourth-order valence-electron chi connectivity index (χ4n) is 0. The van der Waals surface area contributed by atoms with Gasteiger partial charge in [0.1, 0.15) is 0 Å². The zero-order valence-electron chi connectivity index (χ0n) is 2.13. The predicted octanol–water partition coefficient (Wildman–Crippen LogP) is -0.359. The van der Waals surface area contributed by atoms with Crippen LogP contribution in [-0.2, 0) is 33.8 Å². The normalized spacial score (nSPS) is 0. The average molecular weight is 244 g/mol. The zero-order valence-corrected chi connectivity index (χ0v) is 6.62. The van der Waals surface area contributed by atoms with Crippen molar-refractivity contribution in [1.29, 1.82) is 0 Å². The Hall–Kier alpha value is 1.76. The second-order valence-electron chi connectivity index (χ2n) is 0. The third-order valence-corrected chi connectivity index (χ3v) is 0. The fraction of sp³-hybridized carbons (Fsp3) is 0. The van der Waals surface area contributed by atoms with E-state index in [-0.39, 0.29) is 74.6 Å². The van der Waals surface area contributed by atoms with E-state index in [0.29, 0.717) is 0 Å². The van der Waals surface area contributed by atoms with Gasteiger partial charge in [-0.05, 0) is 0 Å². The van der Waals surface area contributed by atoms with Crippen molar-refractivity contribution < 1.29 is 74.6 Å². The molecule has 0 saturated heterocycles. The van der Waals surface area contributed by atoms with Gasteiger partial charge < -0.3 is 16.4 Å². The Morgan fingerprint density at radius 2 is 0.600 bits per heavy atom. The molecule has 3 nitrogen and oxygen atoms in total. The summed E-state index contributed by atoms with van der Waals surface area (Å²) < 4.78 is 0. The van der Waals surface area contributed by atoms with Crippen LogP contribution in [0, 0.1) is 40.8 Å². The second kappa shape index (κ2) is 42.1. The molecule has 0 aromatic heterocycles. The molecule has 0 aliphatic rings. The van der Waals surface area contributed by atoms with Gasteiger partial charge in [-0.25, -0.2) is 0 Å². The molecule has 0 saturated carbocycles. The Balaban J connectivity index is 0. The minimum atomic E-state index is 0. The summed E-state index contributed by atoms with van der Waals surface area (Å²) in [4.78, 5) is 0. The van der Waals surface area contributed by atoms with Gasteiger partial charge in [-0.15, -0.1) is 0 Å². The van der Waals surface area contributed by atoms with E-state index < -0.39 is 0 Å². The third-order valence-electron chi connectivity index (χ3n) is 0. The van der Waals surface area contributed by atoms with E-state index in [1.807, 2.05) is 0 Å². The van der Waals surface area contributed by atoms with Gasteiger partial charge in [0, 0.05) is 0 Å². The van der Waals surface area contributed by atoms with Gasteiger partial charge in [-0.1, -0.05) is 0 Å². The Bertz CT molecular complexity index is 6.85. The molecule has 5 heavy (non-hydrogen) atoms. The first-order chi connectivity index (χ1) is 0. The van der Waals surface area contributed by atoms with E-state index in [9.17, 15) is 0 Å². The predicted molar refractivity (Wildman–Crippen MR) is 2.06 cm³/mol. The molecule has 0 unspecified atom stereocenters. The van der Waals surface area contributed by atoms with Crippen LogP contribution < -0.4 is 0 Å². The molecular weight excluding hydrogens is 244 g/mol. The van der Waals surface area contributed by atoms with Crippen LogP contribution in [-0.4, -0.2) is 0 Å². The summed E-state index contributed by atoms with van der Waals surface area (Å²) in [5.41, 5.74) is 0. The van der Waals surface area contributed by atoms with E-state index in [2.05, 4.69) is 0 Å². The number of hydrogen-bond donors (Lipinski definition) is 0. The van der Waals surface area contributed by atoms with E-state index in [1.165, 1.54) is 0 Å². The van der Waals surface area contributed by atoms with Crippen molar-refractivity contribution in [2.75, 3.05) is 0 Å².